The lowest BCUT2D eigenvalue weighted by Gasteiger charge is -2.06. The number of nitrogen functional groups attached to an aromatic ring is 1. The molecule has 0 aliphatic rings. The van der Waals surface area contributed by atoms with Crippen LogP contribution in [0.15, 0.2) is 22.7 Å². The average Bonchev–Trinajstić information content (AvgIpc) is 2.27. The number of hydrogen-bond donors (Lipinski definition) is 2. The van der Waals surface area contributed by atoms with Crippen molar-refractivity contribution in [2.45, 2.75) is 19.3 Å². The van der Waals surface area contributed by atoms with Crippen molar-refractivity contribution in [3.63, 3.8) is 0 Å². The van der Waals surface area contributed by atoms with Gasteiger partial charge in [-0.2, -0.15) is 0 Å². The van der Waals surface area contributed by atoms with E-state index in [2.05, 4.69) is 27.2 Å². The largest absolute Gasteiger partial charge is 0.399 e. The molecule has 0 saturated carbocycles. The minimum atomic E-state index is -0.112. The fourth-order valence-electron chi connectivity index (χ4n) is 1.40. The summed E-state index contributed by atoms with van der Waals surface area (Å²) in [4.78, 5) is 11.8. The average molecular weight is 295 g/mol. The van der Waals surface area contributed by atoms with Gasteiger partial charge >= 0.3 is 0 Å². The number of benzene rings is 1. The second-order valence-electron chi connectivity index (χ2n) is 3.69. The number of rotatable bonds is 5. The molecule has 1 rings (SSSR count). The molecule has 0 fully saturated rings. The summed E-state index contributed by atoms with van der Waals surface area (Å²) in [5.41, 5.74) is 6.79. The number of nitrogens with one attached hydrogen (secondary N) is 1. The van der Waals surface area contributed by atoms with E-state index in [1.54, 1.807) is 18.2 Å². The van der Waals surface area contributed by atoms with Gasteiger partial charge < -0.3 is 11.1 Å². The molecule has 1 aromatic rings. The van der Waals surface area contributed by atoms with E-state index < -0.39 is 0 Å². The van der Waals surface area contributed by atoms with Gasteiger partial charge in [0, 0.05) is 28.7 Å². The summed E-state index contributed by atoms with van der Waals surface area (Å²) in [6, 6.07) is 5.15. The maximum atomic E-state index is 11.8. The molecule has 0 heterocycles. The lowest BCUT2D eigenvalue weighted by molar-refractivity contribution is 0.0953. The van der Waals surface area contributed by atoms with Gasteiger partial charge in [-0.15, -0.1) is 12.3 Å². The molecular formula is C13H15BrN2O. The molecule has 0 radical (unpaired) electrons. The quantitative estimate of drug-likeness (QED) is 0.498. The molecule has 0 unspecified atom stereocenters. The van der Waals surface area contributed by atoms with Gasteiger partial charge in [0.05, 0.1) is 0 Å². The third kappa shape index (κ3) is 4.92. The number of unbranched alkanes of at least 4 members (excludes halogenated alkanes) is 2. The Hall–Kier alpha value is -1.47. The van der Waals surface area contributed by atoms with Crippen LogP contribution in [0.25, 0.3) is 0 Å². The summed E-state index contributed by atoms with van der Waals surface area (Å²) in [7, 11) is 0. The predicted octanol–water partition coefficient (Wildman–Crippen LogP) is 2.56. The van der Waals surface area contributed by atoms with Crippen LogP contribution in [0, 0.1) is 12.3 Å². The molecule has 0 aliphatic heterocycles. The van der Waals surface area contributed by atoms with Gasteiger partial charge in [-0.25, -0.2) is 0 Å². The van der Waals surface area contributed by atoms with Crippen LogP contribution in [-0.4, -0.2) is 12.5 Å². The Morgan fingerprint density at radius 3 is 2.82 bits per heavy atom. The second-order valence-corrected chi connectivity index (χ2v) is 4.61. The van der Waals surface area contributed by atoms with Gasteiger partial charge in [0.15, 0.2) is 0 Å². The van der Waals surface area contributed by atoms with Crippen LogP contribution in [-0.2, 0) is 0 Å². The molecule has 0 aromatic heterocycles. The zero-order valence-electron chi connectivity index (χ0n) is 9.50. The number of nitrogens with two attached hydrogens (primary N) is 1. The zero-order chi connectivity index (χ0) is 12.7. The molecule has 0 spiro atoms. The number of amides is 1. The molecule has 0 atom stereocenters. The molecule has 4 heteroatoms. The molecule has 1 aromatic carbocycles. The van der Waals surface area contributed by atoms with Crippen LogP contribution in [0.3, 0.4) is 0 Å². The molecule has 0 bridgehead atoms. The van der Waals surface area contributed by atoms with Gasteiger partial charge in [0.25, 0.3) is 5.91 Å². The van der Waals surface area contributed by atoms with Gasteiger partial charge in [-0.3, -0.25) is 4.79 Å². The summed E-state index contributed by atoms with van der Waals surface area (Å²) in [6.45, 7) is 0.632. The van der Waals surface area contributed by atoms with Gasteiger partial charge in [-0.1, -0.05) is 15.9 Å². The molecular weight excluding hydrogens is 280 g/mol. The van der Waals surface area contributed by atoms with Crippen molar-refractivity contribution < 1.29 is 4.79 Å². The zero-order valence-corrected chi connectivity index (χ0v) is 11.1. The lowest BCUT2D eigenvalue weighted by Crippen LogP contribution is -2.24. The molecule has 90 valence electrons. The number of anilines is 1. The third-order valence-electron chi connectivity index (χ3n) is 2.22. The normalized spacial score (nSPS) is 9.65. The van der Waals surface area contributed by atoms with Crippen LogP contribution >= 0.6 is 15.9 Å². The van der Waals surface area contributed by atoms with E-state index in [1.165, 1.54) is 0 Å². The standard InChI is InChI=1S/C13H15BrN2O/c1-2-3-4-5-6-16-13(17)10-7-11(14)9-12(15)8-10/h1,7-9H,3-6,15H2,(H,16,17). The first kappa shape index (κ1) is 13.6. The molecule has 3 nitrogen and oxygen atoms in total. The first-order valence-electron chi connectivity index (χ1n) is 5.41. The fourth-order valence-corrected chi connectivity index (χ4v) is 1.91. The summed E-state index contributed by atoms with van der Waals surface area (Å²) in [6.07, 6.45) is 7.70. The van der Waals surface area contributed by atoms with Crippen LogP contribution in [0.1, 0.15) is 29.6 Å². The van der Waals surface area contributed by atoms with E-state index in [-0.39, 0.29) is 5.91 Å². The summed E-state index contributed by atoms with van der Waals surface area (Å²) in [5, 5.41) is 2.83. The van der Waals surface area contributed by atoms with Crippen LogP contribution < -0.4 is 11.1 Å². The molecule has 0 aliphatic carbocycles. The van der Waals surface area contributed by atoms with Gasteiger partial charge in [0.1, 0.15) is 0 Å². The fraction of sp³-hybridized carbons (Fsp3) is 0.308. The Kier molecular flexibility index (Phi) is 5.58. The van der Waals surface area contributed by atoms with Crippen LogP contribution in [0.4, 0.5) is 5.69 Å². The van der Waals surface area contributed by atoms with Crippen molar-refractivity contribution >= 4 is 27.5 Å². The van der Waals surface area contributed by atoms with Crippen molar-refractivity contribution in [3.05, 3.63) is 28.2 Å². The lowest BCUT2D eigenvalue weighted by atomic mass is 10.2. The van der Waals surface area contributed by atoms with Crippen LogP contribution in [0.2, 0.25) is 0 Å². The van der Waals surface area contributed by atoms with Gasteiger partial charge in [-0.05, 0) is 31.0 Å². The number of halogens is 1. The second kappa shape index (κ2) is 6.97. The third-order valence-corrected chi connectivity index (χ3v) is 2.67. The Morgan fingerprint density at radius 2 is 2.18 bits per heavy atom. The monoisotopic (exact) mass is 294 g/mol. The summed E-state index contributed by atoms with van der Waals surface area (Å²) in [5.74, 6) is 2.45. The van der Waals surface area contributed by atoms with Crippen molar-refractivity contribution in [2.24, 2.45) is 0 Å². The maximum absolute atomic E-state index is 11.8. The first-order chi connectivity index (χ1) is 8.13. The highest BCUT2D eigenvalue weighted by molar-refractivity contribution is 9.10. The van der Waals surface area contributed by atoms with Crippen molar-refractivity contribution in [3.8, 4) is 12.3 Å². The van der Waals surface area contributed by atoms with E-state index in [1.807, 2.05) is 0 Å². The number of hydrogen-bond acceptors (Lipinski definition) is 2. The summed E-state index contributed by atoms with van der Waals surface area (Å²) < 4.78 is 0.801. The molecule has 0 saturated heterocycles. The smallest absolute Gasteiger partial charge is 0.251 e. The minimum absolute atomic E-state index is 0.112. The minimum Gasteiger partial charge on any atom is -0.399 e. The number of carbonyl (C=O) groups is 1. The Bertz CT molecular complexity index is 417. The van der Waals surface area contributed by atoms with Crippen molar-refractivity contribution in [1.29, 1.82) is 0 Å². The van der Waals surface area contributed by atoms with E-state index >= 15 is 0 Å². The Balaban J connectivity index is 2.44. The van der Waals surface area contributed by atoms with Crippen LogP contribution in [0.5, 0.6) is 0 Å². The molecule has 17 heavy (non-hydrogen) atoms. The molecule has 1 amide bonds. The summed E-state index contributed by atoms with van der Waals surface area (Å²) >= 11 is 3.30. The number of terminal acetylenes is 1. The highest BCUT2D eigenvalue weighted by Crippen LogP contribution is 2.17. The van der Waals surface area contributed by atoms with Crippen molar-refractivity contribution in [1.82, 2.24) is 5.32 Å². The van der Waals surface area contributed by atoms with Gasteiger partial charge in [0.2, 0.25) is 0 Å². The van der Waals surface area contributed by atoms with Crippen molar-refractivity contribution in [2.75, 3.05) is 12.3 Å². The molecule has 3 N–H and O–H groups in total. The highest BCUT2D eigenvalue weighted by Gasteiger charge is 2.06. The first-order valence-corrected chi connectivity index (χ1v) is 6.20. The highest BCUT2D eigenvalue weighted by atomic mass is 79.9. The number of carbonyl (C=O) groups excluding carboxylic acids is 1. The van der Waals surface area contributed by atoms with E-state index in [4.69, 9.17) is 12.2 Å². The topological polar surface area (TPSA) is 55.1 Å². The Morgan fingerprint density at radius 1 is 1.41 bits per heavy atom. The predicted molar refractivity (Wildman–Crippen MR) is 73.6 cm³/mol. The maximum Gasteiger partial charge on any atom is 0.251 e. The SMILES string of the molecule is C#CCCCCNC(=O)c1cc(N)cc(Br)c1. The Labute approximate surface area is 110 Å². The van der Waals surface area contributed by atoms with E-state index in [0.29, 0.717) is 17.8 Å². The van der Waals surface area contributed by atoms with E-state index in [9.17, 15) is 4.79 Å². The van der Waals surface area contributed by atoms with E-state index in [0.717, 1.165) is 23.7 Å².